The number of nitrogens with zero attached hydrogens (tertiary/aromatic N) is 1. The molecular formula is C20H22Cl2N2O2. The first-order valence-electron chi connectivity index (χ1n) is 8.69. The van der Waals surface area contributed by atoms with Crippen LogP contribution in [-0.2, 0) is 0 Å². The number of hydrogen-bond acceptors (Lipinski definition) is 3. The Morgan fingerprint density at radius 2 is 1.81 bits per heavy atom. The average Bonchev–Trinajstić information content (AvgIpc) is 3.19. The summed E-state index contributed by atoms with van der Waals surface area (Å²) in [7, 11) is 1.66. The van der Waals surface area contributed by atoms with Crippen LogP contribution >= 0.6 is 23.2 Å². The molecule has 1 atom stereocenters. The number of methoxy groups -OCH3 is 1. The van der Waals surface area contributed by atoms with Gasteiger partial charge < -0.3 is 10.1 Å². The second kappa shape index (κ2) is 8.76. The maximum absolute atomic E-state index is 12.5. The van der Waals surface area contributed by atoms with Crippen molar-refractivity contribution in [3.05, 3.63) is 63.6 Å². The molecule has 1 aliphatic heterocycles. The van der Waals surface area contributed by atoms with Gasteiger partial charge in [0, 0.05) is 12.1 Å². The first kappa shape index (κ1) is 19.0. The van der Waals surface area contributed by atoms with Crippen molar-refractivity contribution < 1.29 is 9.53 Å². The second-order valence-corrected chi connectivity index (χ2v) is 7.19. The summed E-state index contributed by atoms with van der Waals surface area (Å²) < 4.78 is 5.24. The van der Waals surface area contributed by atoms with Crippen LogP contribution in [0.1, 0.15) is 34.8 Å². The summed E-state index contributed by atoms with van der Waals surface area (Å²) >= 11 is 11.9. The van der Waals surface area contributed by atoms with Crippen LogP contribution in [0.4, 0.5) is 0 Å². The molecule has 1 N–H and O–H groups in total. The lowest BCUT2D eigenvalue weighted by atomic mass is 10.0. The van der Waals surface area contributed by atoms with Gasteiger partial charge in [0.1, 0.15) is 5.75 Å². The van der Waals surface area contributed by atoms with Crippen molar-refractivity contribution in [2.75, 3.05) is 26.7 Å². The number of ether oxygens (including phenoxy) is 1. The first-order valence-corrected chi connectivity index (χ1v) is 9.45. The number of carbonyl (C=O) groups is 1. The van der Waals surface area contributed by atoms with Gasteiger partial charge in [0.25, 0.3) is 5.91 Å². The number of carbonyl (C=O) groups excluding carboxylic acids is 1. The smallest absolute Gasteiger partial charge is 0.251 e. The summed E-state index contributed by atoms with van der Waals surface area (Å²) in [6.45, 7) is 2.62. The Hall–Kier alpha value is -1.75. The molecule has 1 aliphatic rings. The highest BCUT2D eigenvalue weighted by atomic mass is 35.5. The molecule has 0 unspecified atom stereocenters. The van der Waals surface area contributed by atoms with Crippen LogP contribution in [-0.4, -0.2) is 37.6 Å². The van der Waals surface area contributed by atoms with Crippen LogP contribution in [0.15, 0.2) is 42.5 Å². The maximum Gasteiger partial charge on any atom is 0.251 e. The van der Waals surface area contributed by atoms with Gasteiger partial charge in [-0.3, -0.25) is 9.69 Å². The summed E-state index contributed by atoms with van der Waals surface area (Å²) in [6, 6.07) is 13.1. The summed E-state index contributed by atoms with van der Waals surface area (Å²) in [5, 5.41) is 3.86. The molecular weight excluding hydrogens is 371 g/mol. The Labute approximate surface area is 164 Å². The molecule has 0 radical (unpaired) electrons. The number of halogens is 2. The highest BCUT2D eigenvalue weighted by Gasteiger charge is 2.24. The van der Waals surface area contributed by atoms with E-state index >= 15 is 0 Å². The molecule has 0 aromatic heterocycles. The van der Waals surface area contributed by atoms with E-state index in [1.165, 1.54) is 18.4 Å². The van der Waals surface area contributed by atoms with E-state index in [4.69, 9.17) is 27.9 Å². The van der Waals surface area contributed by atoms with Gasteiger partial charge in [0.2, 0.25) is 0 Å². The minimum atomic E-state index is -0.152. The monoisotopic (exact) mass is 392 g/mol. The third kappa shape index (κ3) is 4.50. The van der Waals surface area contributed by atoms with Crippen LogP contribution in [0.2, 0.25) is 10.0 Å². The van der Waals surface area contributed by atoms with Gasteiger partial charge in [0.15, 0.2) is 0 Å². The van der Waals surface area contributed by atoms with Gasteiger partial charge in [-0.1, -0.05) is 35.3 Å². The predicted molar refractivity (Wildman–Crippen MR) is 105 cm³/mol. The fraction of sp³-hybridized carbons (Fsp3) is 0.350. The highest BCUT2D eigenvalue weighted by Crippen LogP contribution is 2.27. The van der Waals surface area contributed by atoms with E-state index in [-0.39, 0.29) is 11.9 Å². The second-order valence-electron chi connectivity index (χ2n) is 6.37. The first-order chi connectivity index (χ1) is 12.6. The fourth-order valence-electron chi connectivity index (χ4n) is 3.27. The highest BCUT2D eigenvalue weighted by molar-refractivity contribution is 6.42. The molecule has 2 aromatic rings. The molecule has 4 nitrogen and oxygen atoms in total. The van der Waals surface area contributed by atoms with Crippen molar-refractivity contribution in [2.24, 2.45) is 0 Å². The molecule has 2 aromatic carbocycles. The van der Waals surface area contributed by atoms with Crippen LogP contribution in [0.3, 0.4) is 0 Å². The Morgan fingerprint density at radius 1 is 1.12 bits per heavy atom. The van der Waals surface area contributed by atoms with Gasteiger partial charge in [-0.15, -0.1) is 0 Å². The van der Waals surface area contributed by atoms with E-state index in [0.29, 0.717) is 22.2 Å². The lowest BCUT2D eigenvalue weighted by Gasteiger charge is -2.28. The lowest BCUT2D eigenvalue weighted by molar-refractivity contribution is 0.0938. The minimum Gasteiger partial charge on any atom is -0.497 e. The van der Waals surface area contributed by atoms with Crippen LogP contribution in [0, 0.1) is 0 Å². The van der Waals surface area contributed by atoms with Gasteiger partial charge >= 0.3 is 0 Å². The normalized spacial score (nSPS) is 15.7. The number of hydrogen-bond donors (Lipinski definition) is 1. The van der Waals surface area contributed by atoms with Crippen molar-refractivity contribution in [2.45, 2.75) is 18.9 Å². The number of amides is 1. The molecule has 3 rings (SSSR count). The van der Waals surface area contributed by atoms with Gasteiger partial charge in [-0.25, -0.2) is 0 Å². The molecule has 1 heterocycles. The Morgan fingerprint density at radius 3 is 2.42 bits per heavy atom. The predicted octanol–water partition coefficient (Wildman–Crippen LogP) is 4.57. The molecule has 1 fully saturated rings. The van der Waals surface area contributed by atoms with Gasteiger partial charge in [-0.05, 0) is 61.8 Å². The molecule has 0 spiro atoms. The van der Waals surface area contributed by atoms with Crippen molar-refractivity contribution in [3.63, 3.8) is 0 Å². The molecule has 26 heavy (non-hydrogen) atoms. The third-order valence-electron chi connectivity index (χ3n) is 4.72. The lowest BCUT2D eigenvalue weighted by Crippen LogP contribution is -2.36. The maximum atomic E-state index is 12.5. The molecule has 0 saturated carbocycles. The molecule has 6 heteroatoms. The quantitative estimate of drug-likeness (QED) is 0.782. The summed E-state index contributed by atoms with van der Waals surface area (Å²) in [6.07, 6.45) is 2.38. The fourth-order valence-corrected chi connectivity index (χ4v) is 3.56. The number of likely N-dealkylation sites (tertiary alicyclic amines) is 1. The van der Waals surface area contributed by atoms with Crippen LogP contribution in [0.25, 0.3) is 0 Å². The largest absolute Gasteiger partial charge is 0.497 e. The topological polar surface area (TPSA) is 41.6 Å². The Bertz CT molecular complexity index is 759. The van der Waals surface area contributed by atoms with E-state index < -0.39 is 0 Å². The molecule has 138 valence electrons. The van der Waals surface area contributed by atoms with E-state index in [0.717, 1.165) is 18.8 Å². The van der Waals surface area contributed by atoms with E-state index in [9.17, 15) is 4.79 Å². The summed E-state index contributed by atoms with van der Waals surface area (Å²) in [5.41, 5.74) is 1.68. The van der Waals surface area contributed by atoms with Crippen LogP contribution < -0.4 is 10.1 Å². The standard InChI is InChI=1S/C20H22Cl2N2O2/c1-26-16-7-4-14(5-8-16)19(24-10-2-3-11-24)13-23-20(25)15-6-9-17(21)18(22)12-15/h4-9,12,19H,2-3,10-11,13H2,1H3,(H,23,25)/t19-/m0/s1. The molecule has 0 aliphatic carbocycles. The van der Waals surface area contributed by atoms with E-state index in [1.807, 2.05) is 12.1 Å². The van der Waals surface area contributed by atoms with E-state index in [2.05, 4.69) is 22.3 Å². The van der Waals surface area contributed by atoms with Crippen LogP contribution in [0.5, 0.6) is 5.75 Å². The summed E-state index contributed by atoms with van der Waals surface area (Å²) in [4.78, 5) is 14.9. The number of benzene rings is 2. The van der Waals surface area contributed by atoms with Gasteiger partial charge in [-0.2, -0.15) is 0 Å². The third-order valence-corrected chi connectivity index (χ3v) is 5.46. The van der Waals surface area contributed by atoms with Gasteiger partial charge in [0.05, 0.1) is 23.2 Å². The zero-order valence-electron chi connectivity index (χ0n) is 14.7. The summed E-state index contributed by atoms with van der Waals surface area (Å²) in [5.74, 6) is 0.676. The molecule has 0 bridgehead atoms. The average molecular weight is 393 g/mol. The Balaban J connectivity index is 1.72. The van der Waals surface area contributed by atoms with Crippen molar-refractivity contribution in [1.29, 1.82) is 0 Å². The van der Waals surface area contributed by atoms with Crippen molar-refractivity contribution in [1.82, 2.24) is 10.2 Å². The molecule has 1 amide bonds. The Kier molecular flexibility index (Phi) is 6.41. The zero-order chi connectivity index (χ0) is 18.5. The molecule has 1 saturated heterocycles. The number of rotatable bonds is 6. The SMILES string of the molecule is COc1ccc([C@H](CNC(=O)c2ccc(Cl)c(Cl)c2)N2CCCC2)cc1. The number of nitrogens with one attached hydrogen (secondary N) is 1. The van der Waals surface area contributed by atoms with E-state index in [1.54, 1.807) is 25.3 Å². The van der Waals surface area contributed by atoms with Crippen molar-refractivity contribution >= 4 is 29.1 Å². The zero-order valence-corrected chi connectivity index (χ0v) is 16.2. The minimum absolute atomic E-state index is 0.134. The van der Waals surface area contributed by atoms with Crippen molar-refractivity contribution in [3.8, 4) is 5.75 Å².